The minimum absolute atomic E-state index is 0.132. The molecule has 0 heterocycles. The fourth-order valence-electron chi connectivity index (χ4n) is 2.20. The molecule has 0 unspecified atom stereocenters. The van der Waals surface area contributed by atoms with Gasteiger partial charge in [0.2, 0.25) is 5.91 Å². The van der Waals surface area contributed by atoms with Gasteiger partial charge >= 0.3 is 0 Å². The minimum atomic E-state index is -0.281. The lowest BCUT2D eigenvalue weighted by atomic mass is 10.2. The Morgan fingerprint density at radius 2 is 2.04 bits per heavy atom. The van der Waals surface area contributed by atoms with Crippen molar-refractivity contribution in [3.8, 4) is 0 Å². The van der Waals surface area contributed by atoms with E-state index >= 15 is 0 Å². The molecule has 0 aliphatic rings. The van der Waals surface area contributed by atoms with Crippen molar-refractivity contribution in [3.05, 3.63) is 77.6 Å². The molecule has 0 atom stereocenters. The van der Waals surface area contributed by atoms with E-state index in [1.165, 1.54) is 6.07 Å². The Morgan fingerprint density at radius 1 is 1.26 bits per heavy atom. The molecule has 5 heteroatoms. The van der Waals surface area contributed by atoms with Crippen molar-refractivity contribution >= 4 is 23.2 Å². The summed E-state index contributed by atoms with van der Waals surface area (Å²) in [6, 6.07) is 13.5. The van der Waals surface area contributed by atoms with E-state index in [9.17, 15) is 9.18 Å². The van der Waals surface area contributed by atoms with Crippen LogP contribution in [0.5, 0.6) is 0 Å². The second-order valence-corrected chi connectivity index (χ2v) is 5.54. The summed E-state index contributed by atoms with van der Waals surface area (Å²) in [5, 5.41) is 3.33. The Labute approximate surface area is 140 Å². The zero-order chi connectivity index (χ0) is 16.7. The molecule has 0 radical (unpaired) electrons. The van der Waals surface area contributed by atoms with Crippen molar-refractivity contribution in [1.82, 2.24) is 4.90 Å². The van der Waals surface area contributed by atoms with Crippen LogP contribution in [0.1, 0.15) is 5.56 Å². The molecule has 23 heavy (non-hydrogen) atoms. The van der Waals surface area contributed by atoms with Crippen LogP contribution in [-0.4, -0.2) is 23.9 Å². The van der Waals surface area contributed by atoms with Gasteiger partial charge in [-0.1, -0.05) is 41.9 Å². The fourth-order valence-corrected chi connectivity index (χ4v) is 2.40. The van der Waals surface area contributed by atoms with Crippen molar-refractivity contribution in [2.45, 2.75) is 6.54 Å². The number of nitrogens with one attached hydrogen (secondary N) is 1. The van der Waals surface area contributed by atoms with Gasteiger partial charge in [-0.15, -0.1) is 6.58 Å². The highest BCUT2D eigenvalue weighted by molar-refractivity contribution is 6.30. The minimum Gasteiger partial charge on any atom is -0.325 e. The summed E-state index contributed by atoms with van der Waals surface area (Å²) in [6.07, 6.45) is 1.69. The van der Waals surface area contributed by atoms with E-state index in [4.69, 9.17) is 11.6 Å². The highest BCUT2D eigenvalue weighted by Gasteiger charge is 2.12. The van der Waals surface area contributed by atoms with Gasteiger partial charge in [0.25, 0.3) is 0 Å². The molecule has 0 bridgehead atoms. The van der Waals surface area contributed by atoms with Crippen LogP contribution < -0.4 is 5.32 Å². The summed E-state index contributed by atoms with van der Waals surface area (Å²) in [7, 11) is 0. The standard InChI is InChI=1S/C18H18ClFN2O/c1-2-10-22(12-14-6-3-4-9-17(14)20)13-18(23)21-16-8-5-7-15(19)11-16/h2-9,11H,1,10,12-13H2,(H,21,23). The van der Waals surface area contributed by atoms with Gasteiger partial charge < -0.3 is 5.32 Å². The summed E-state index contributed by atoms with van der Waals surface area (Å²) in [6.45, 7) is 4.63. The maximum atomic E-state index is 13.8. The van der Waals surface area contributed by atoms with Gasteiger partial charge in [-0.2, -0.15) is 0 Å². The number of carbonyl (C=O) groups excluding carboxylic acids is 1. The predicted molar refractivity (Wildman–Crippen MR) is 92.0 cm³/mol. The van der Waals surface area contributed by atoms with Crippen LogP contribution >= 0.6 is 11.6 Å². The zero-order valence-electron chi connectivity index (χ0n) is 12.6. The number of nitrogens with zero attached hydrogens (tertiary/aromatic N) is 1. The second-order valence-electron chi connectivity index (χ2n) is 5.11. The monoisotopic (exact) mass is 332 g/mol. The Bertz CT molecular complexity index is 690. The number of halogens is 2. The largest absolute Gasteiger partial charge is 0.325 e. The third-order valence-electron chi connectivity index (χ3n) is 3.21. The van der Waals surface area contributed by atoms with Crippen LogP contribution in [0.4, 0.5) is 10.1 Å². The maximum Gasteiger partial charge on any atom is 0.238 e. The molecule has 2 aromatic carbocycles. The average molecular weight is 333 g/mol. The van der Waals surface area contributed by atoms with Gasteiger partial charge in [0, 0.05) is 29.4 Å². The molecule has 3 nitrogen and oxygen atoms in total. The molecular weight excluding hydrogens is 315 g/mol. The van der Waals surface area contributed by atoms with Gasteiger partial charge in [-0.05, 0) is 24.3 Å². The molecular formula is C18H18ClFN2O. The van der Waals surface area contributed by atoms with Crippen molar-refractivity contribution in [1.29, 1.82) is 0 Å². The van der Waals surface area contributed by atoms with Crippen LogP contribution in [0.3, 0.4) is 0 Å². The van der Waals surface area contributed by atoms with E-state index in [0.717, 1.165) is 0 Å². The highest BCUT2D eigenvalue weighted by atomic mass is 35.5. The third-order valence-corrected chi connectivity index (χ3v) is 3.45. The van der Waals surface area contributed by atoms with E-state index in [2.05, 4.69) is 11.9 Å². The quantitative estimate of drug-likeness (QED) is 0.774. The van der Waals surface area contributed by atoms with E-state index in [1.807, 2.05) is 4.90 Å². The lowest BCUT2D eigenvalue weighted by molar-refractivity contribution is -0.117. The first-order valence-corrected chi connectivity index (χ1v) is 7.58. The van der Waals surface area contributed by atoms with E-state index in [0.29, 0.717) is 29.4 Å². The molecule has 0 spiro atoms. The van der Waals surface area contributed by atoms with Gasteiger partial charge in [-0.25, -0.2) is 4.39 Å². The number of carbonyl (C=O) groups is 1. The Balaban J connectivity index is 1.99. The van der Waals surface area contributed by atoms with Gasteiger partial charge in [0.15, 0.2) is 0 Å². The smallest absolute Gasteiger partial charge is 0.238 e. The first kappa shape index (κ1) is 17.2. The van der Waals surface area contributed by atoms with Crippen LogP contribution in [0.15, 0.2) is 61.2 Å². The molecule has 0 aliphatic heterocycles. The number of hydrogen-bond acceptors (Lipinski definition) is 2. The summed E-state index contributed by atoms with van der Waals surface area (Å²) in [5.41, 5.74) is 1.18. The molecule has 120 valence electrons. The van der Waals surface area contributed by atoms with Crippen molar-refractivity contribution in [3.63, 3.8) is 0 Å². The lowest BCUT2D eigenvalue weighted by Gasteiger charge is -2.20. The highest BCUT2D eigenvalue weighted by Crippen LogP contribution is 2.15. The van der Waals surface area contributed by atoms with Crippen LogP contribution in [0, 0.1) is 5.82 Å². The number of amides is 1. The van der Waals surface area contributed by atoms with Gasteiger partial charge in [0.1, 0.15) is 5.82 Å². The zero-order valence-corrected chi connectivity index (χ0v) is 13.4. The Morgan fingerprint density at radius 3 is 2.74 bits per heavy atom. The summed E-state index contributed by atoms with van der Waals surface area (Å²) in [4.78, 5) is 14.0. The third kappa shape index (κ3) is 5.51. The van der Waals surface area contributed by atoms with Crippen LogP contribution in [0.2, 0.25) is 5.02 Å². The first-order chi connectivity index (χ1) is 11.1. The fraction of sp³-hybridized carbons (Fsp3) is 0.167. The van der Waals surface area contributed by atoms with Crippen LogP contribution in [0.25, 0.3) is 0 Å². The van der Waals surface area contributed by atoms with Gasteiger partial charge in [0.05, 0.1) is 6.54 Å². The Kier molecular flexibility index (Phi) is 6.32. The van der Waals surface area contributed by atoms with Crippen molar-refractivity contribution in [2.24, 2.45) is 0 Å². The second kappa shape index (κ2) is 8.46. The number of benzene rings is 2. The number of rotatable bonds is 7. The normalized spacial score (nSPS) is 10.6. The molecule has 2 rings (SSSR count). The van der Waals surface area contributed by atoms with Crippen LogP contribution in [-0.2, 0) is 11.3 Å². The van der Waals surface area contributed by atoms with E-state index < -0.39 is 0 Å². The number of anilines is 1. The molecule has 2 aromatic rings. The summed E-state index contributed by atoms with van der Waals surface area (Å²) < 4.78 is 13.8. The topological polar surface area (TPSA) is 32.3 Å². The Hall–Kier alpha value is -2.17. The lowest BCUT2D eigenvalue weighted by Crippen LogP contribution is -2.33. The van der Waals surface area contributed by atoms with Gasteiger partial charge in [-0.3, -0.25) is 9.69 Å². The maximum absolute atomic E-state index is 13.8. The van der Waals surface area contributed by atoms with E-state index in [1.54, 1.807) is 48.5 Å². The summed E-state index contributed by atoms with van der Waals surface area (Å²) in [5.74, 6) is -0.470. The van der Waals surface area contributed by atoms with Crippen molar-refractivity contribution < 1.29 is 9.18 Å². The molecule has 0 saturated carbocycles. The molecule has 1 N–H and O–H groups in total. The molecule has 0 fully saturated rings. The number of hydrogen-bond donors (Lipinski definition) is 1. The SMILES string of the molecule is C=CCN(CC(=O)Nc1cccc(Cl)c1)Cc1ccccc1F. The summed E-state index contributed by atoms with van der Waals surface area (Å²) >= 11 is 5.89. The molecule has 0 aromatic heterocycles. The first-order valence-electron chi connectivity index (χ1n) is 7.20. The molecule has 1 amide bonds. The average Bonchev–Trinajstić information content (AvgIpc) is 2.49. The predicted octanol–water partition coefficient (Wildman–Crippen LogP) is 4.11. The van der Waals surface area contributed by atoms with E-state index in [-0.39, 0.29) is 18.3 Å². The molecule has 0 saturated heterocycles. The van der Waals surface area contributed by atoms with Crippen molar-refractivity contribution in [2.75, 3.05) is 18.4 Å². The molecule has 0 aliphatic carbocycles.